The molecular formula is C9H4F5IN2. The lowest BCUT2D eigenvalue weighted by Crippen LogP contribution is -2.13. The van der Waals surface area contributed by atoms with Gasteiger partial charge in [0.25, 0.3) is 6.43 Å². The van der Waals surface area contributed by atoms with Crippen molar-refractivity contribution in [3.63, 3.8) is 0 Å². The highest BCUT2D eigenvalue weighted by atomic mass is 127. The molecule has 0 bridgehead atoms. The molecule has 0 atom stereocenters. The first-order valence-electron chi connectivity index (χ1n) is 4.19. The van der Waals surface area contributed by atoms with Gasteiger partial charge >= 0.3 is 6.18 Å². The first-order valence-corrected chi connectivity index (χ1v) is 5.27. The Hall–Kier alpha value is -0.980. The molecular weight excluding hydrogens is 358 g/mol. The standard InChI is InChI=1S/C9H4F5IN2/c10-7(11)6-3-5(9(12,13)14)4(1-2-16)8(15)17-6/h3,7H,1H2. The number of hydrogen-bond donors (Lipinski definition) is 0. The molecule has 0 fully saturated rings. The van der Waals surface area contributed by atoms with E-state index >= 15 is 0 Å². The Morgan fingerprint density at radius 3 is 2.41 bits per heavy atom. The Labute approximate surface area is 107 Å². The van der Waals surface area contributed by atoms with Crippen LogP contribution in [-0.2, 0) is 12.6 Å². The quantitative estimate of drug-likeness (QED) is 0.457. The van der Waals surface area contributed by atoms with Gasteiger partial charge in [-0.3, -0.25) is 0 Å². The van der Waals surface area contributed by atoms with Crippen LogP contribution in [0.1, 0.15) is 23.2 Å². The topological polar surface area (TPSA) is 36.7 Å². The third kappa shape index (κ3) is 3.24. The van der Waals surface area contributed by atoms with Crippen LogP contribution in [-0.4, -0.2) is 4.98 Å². The van der Waals surface area contributed by atoms with Gasteiger partial charge in [0.15, 0.2) is 0 Å². The maximum absolute atomic E-state index is 12.6. The molecule has 8 heteroatoms. The molecule has 0 radical (unpaired) electrons. The fourth-order valence-corrected chi connectivity index (χ4v) is 1.93. The van der Waals surface area contributed by atoms with Gasteiger partial charge in [0, 0.05) is 5.56 Å². The van der Waals surface area contributed by atoms with Crippen LogP contribution < -0.4 is 0 Å². The van der Waals surface area contributed by atoms with E-state index in [1.165, 1.54) is 22.6 Å². The van der Waals surface area contributed by atoms with Gasteiger partial charge in [-0.15, -0.1) is 0 Å². The summed E-state index contributed by atoms with van der Waals surface area (Å²) in [4.78, 5) is 3.35. The molecule has 0 aliphatic heterocycles. The molecule has 1 rings (SSSR count). The minimum Gasteiger partial charge on any atom is -0.241 e. The molecule has 0 amide bonds. The number of nitriles is 1. The zero-order valence-electron chi connectivity index (χ0n) is 8.02. The van der Waals surface area contributed by atoms with Gasteiger partial charge in [-0.1, -0.05) is 0 Å². The summed E-state index contributed by atoms with van der Waals surface area (Å²) in [5.41, 5.74) is -2.54. The lowest BCUT2D eigenvalue weighted by atomic mass is 10.1. The minimum absolute atomic E-state index is 0.228. The van der Waals surface area contributed by atoms with E-state index < -0.39 is 30.3 Å². The van der Waals surface area contributed by atoms with Crippen LogP contribution in [0.3, 0.4) is 0 Å². The smallest absolute Gasteiger partial charge is 0.241 e. The Balaban J connectivity index is 3.46. The maximum Gasteiger partial charge on any atom is 0.416 e. The van der Waals surface area contributed by atoms with E-state index in [-0.39, 0.29) is 9.26 Å². The van der Waals surface area contributed by atoms with Crippen molar-refractivity contribution in [2.24, 2.45) is 0 Å². The highest BCUT2D eigenvalue weighted by molar-refractivity contribution is 14.1. The SMILES string of the molecule is N#CCc1c(C(F)(F)F)cc(C(F)F)nc1I. The normalized spacial score (nSPS) is 11.6. The van der Waals surface area contributed by atoms with Gasteiger partial charge in [-0.25, -0.2) is 13.8 Å². The van der Waals surface area contributed by atoms with Crippen LogP contribution in [0.5, 0.6) is 0 Å². The zero-order valence-corrected chi connectivity index (χ0v) is 10.2. The largest absolute Gasteiger partial charge is 0.416 e. The van der Waals surface area contributed by atoms with Crippen molar-refractivity contribution in [1.82, 2.24) is 4.98 Å². The van der Waals surface area contributed by atoms with E-state index in [0.29, 0.717) is 6.07 Å². The monoisotopic (exact) mass is 362 g/mol. The van der Waals surface area contributed by atoms with E-state index in [1.54, 1.807) is 6.07 Å². The molecule has 92 valence electrons. The molecule has 1 heterocycles. The number of aromatic nitrogens is 1. The summed E-state index contributed by atoms with van der Waals surface area (Å²) in [6.45, 7) is 0. The molecule has 0 saturated heterocycles. The highest BCUT2D eigenvalue weighted by Gasteiger charge is 2.35. The van der Waals surface area contributed by atoms with Crippen LogP contribution in [0, 0.1) is 15.0 Å². The Morgan fingerprint density at radius 2 is 2.00 bits per heavy atom. The van der Waals surface area contributed by atoms with Crippen LogP contribution in [0.2, 0.25) is 0 Å². The van der Waals surface area contributed by atoms with Crippen molar-refractivity contribution < 1.29 is 22.0 Å². The summed E-state index contributed by atoms with van der Waals surface area (Å²) in [6, 6.07) is 1.84. The van der Waals surface area contributed by atoms with E-state index in [4.69, 9.17) is 5.26 Å². The molecule has 0 N–H and O–H groups in total. The van der Waals surface area contributed by atoms with E-state index in [0.717, 1.165) is 0 Å². The number of nitrogens with zero attached hydrogens (tertiary/aromatic N) is 2. The predicted octanol–water partition coefficient (Wildman–Crippen LogP) is 3.71. The van der Waals surface area contributed by atoms with Crippen LogP contribution in [0.25, 0.3) is 0 Å². The molecule has 0 aliphatic carbocycles. The molecule has 1 aromatic rings. The van der Waals surface area contributed by atoms with Crippen molar-refractivity contribution in [2.75, 3.05) is 0 Å². The molecule has 0 aromatic carbocycles. The van der Waals surface area contributed by atoms with Crippen LogP contribution >= 0.6 is 22.6 Å². The molecule has 0 spiro atoms. The van der Waals surface area contributed by atoms with Gasteiger partial charge in [0.1, 0.15) is 9.39 Å². The Bertz CT molecular complexity index is 464. The van der Waals surface area contributed by atoms with Gasteiger partial charge < -0.3 is 0 Å². The average Bonchev–Trinajstić information content (AvgIpc) is 2.18. The third-order valence-corrected chi connectivity index (χ3v) is 2.77. The van der Waals surface area contributed by atoms with Crippen LogP contribution in [0.4, 0.5) is 22.0 Å². The molecule has 17 heavy (non-hydrogen) atoms. The summed E-state index contributed by atoms with van der Waals surface area (Å²) < 4.78 is 62.3. The van der Waals surface area contributed by atoms with Gasteiger partial charge in [-0.05, 0) is 28.7 Å². The maximum atomic E-state index is 12.6. The summed E-state index contributed by atoms with van der Waals surface area (Å²) in [5.74, 6) is 0. The van der Waals surface area contributed by atoms with Crippen molar-refractivity contribution in [3.8, 4) is 6.07 Å². The van der Waals surface area contributed by atoms with Crippen molar-refractivity contribution in [3.05, 3.63) is 26.6 Å². The number of pyridine rings is 1. The second kappa shape index (κ2) is 5.12. The second-order valence-corrected chi connectivity index (χ2v) is 4.02. The molecule has 1 aromatic heterocycles. The van der Waals surface area contributed by atoms with E-state index in [1.807, 2.05) is 0 Å². The van der Waals surface area contributed by atoms with Crippen molar-refractivity contribution in [1.29, 1.82) is 5.26 Å². The summed E-state index contributed by atoms with van der Waals surface area (Å²) >= 11 is 1.41. The lowest BCUT2D eigenvalue weighted by molar-refractivity contribution is -0.138. The fourth-order valence-electron chi connectivity index (χ4n) is 1.17. The van der Waals surface area contributed by atoms with E-state index in [9.17, 15) is 22.0 Å². The van der Waals surface area contributed by atoms with Crippen molar-refractivity contribution in [2.45, 2.75) is 19.0 Å². The summed E-state index contributed by atoms with van der Waals surface area (Å²) in [5, 5.41) is 8.42. The molecule has 2 nitrogen and oxygen atoms in total. The molecule has 0 saturated carbocycles. The van der Waals surface area contributed by atoms with Gasteiger partial charge in [0.2, 0.25) is 0 Å². The zero-order chi connectivity index (χ0) is 13.2. The number of halogens is 6. The second-order valence-electron chi connectivity index (χ2n) is 3.00. The summed E-state index contributed by atoms with van der Waals surface area (Å²) in [7, 11) is 0. The first-order chi connectivity index (χ1) is 7.77. The summed E-state index contributed by atoms with van der Waals surface area (Å²) in [6.07, 6.45) is -8.39. The van der Waals surface area contributed by atoms with Crippen molar-refractivity contribution >= 4 is 22.6 Å². The average molecular weight is 362 g/mol. The van der Waals surface area contributed by atoms with E-state index in [2.05, 4.69) is 4.98 Å². The highest BCUT2D eigenvalue weighted by Crippen LogP contribution is 2.35. The Kier molecular flexibility index (Phi) is 4.24. The van der Waals surface area contributed by atoms with Crippen LogP contribution in [0.15, 0.2) is 6.07 Å². The van der Waals surface area contributed by atoms with Gasteiger partial charge in [-0.2, -0.15) is 18.4 Å². The molecule has 0 unspecified atom stereocenters. The number of hydrogen-bond acceptors (Lipinski definition) is 2. The lowest BCUT2D eigenvalue weighted by Gasteiger charge is -2.13. The number of rotatable bonds is 2. The molecule has 0 aliphatic rings. The van der Waals surface area contributed by atoms with Gasteiger partial charge in [0.05, 0.1) is 18.1 Å². The minimum atomic E-state index is -4.78. The third-order valence-electron chi connectivity index (χ3n) is 1.88. The first kappa shape index (κ1) is 14.1. The number of alkyl halides is 5. The Morgan fingerprint density at radius 1 is 1.41 bits per heavy atom. The predicted molar refractivity (Wildman–Crippen MR) is 56.2 cm³/mol. The fraction of sp³-hybridized carbons (Fsp3) is 0.333.